The number of anilines is 3. The molecule has 0 saturated carbocycles. The molecule has 6 heteroatoms. The topological polar surface area (TPSA) is 78.3 Å². The van der Waals surface area contributed by atoms with Crippen LogP contribution in [0.1, 0.15) is 12.8 Å². The van der Waals surface area contributed by atoms with Crippen LogP contribution in [-0.4, -0.2) is 34.1 Å². The molecule has 6 nitrogen and oxygen atoms in total. The Bertz CT molecular complexity index is 640. The third-order valence-corrected chi connectivity index (χ3v) is 3.84. The van der Waals surface area contributed by atoms with Crippen LogP contribution >= 0.6 is 0 Å². The summed E-state index contributed by atoms with van der Waals surface area (Å²) in [6.07, 6.45) is 3.03. The number of nitrogens with one attached hydrogen (secondary N) is 1. The fourth-order valence-electron chi connectivity index (χ4n) is 2.59. The molecule has 22 heavy (non-hydrogen) atoms. The molecule has 1 aliphatic rings. The Labute approximate surface area is 128 Å². The van der Waals surface area contributed by atoms with Gasteiger partial charge in [0.05, 0.1) is 5.92 Å². The Morgan fingerprint density at radius 2 is 1.91 bits per heavy atom. The number of benzene rings is 1. The maximum atomic E-state index is 11.0. The Morgan fingerprint density at radius 3 is 2.59 bits per heavy atom. The second-order valence-corrected chi connectivity index (χ2v) is 5.33. The number of piperidine rings is 1. The maximum Gasteiger partial charge on any atom is 0.306 e. The molecule has 1 aromatic carbocycles. The number of rotatable bonds is 4. The number of aliphatic carboxylic acids is 1. The number of para-hydroxylation sites is 1. The van der Waals surface area contributed by atoms with Gasteiger partial charge in [-0.1, -0.05) is 18.2 Å². The van der Waals surface area contributed by atoms with Crippen LogP contribution in [0.15, 0.2) is 42.6 Å². The van der Waals surface area contributed by atoms with Crippen molar-refractivity contribution in [1.29, 1.82) is 0 Å². The van der Waals surface area contributed by atoms with Gasteiger partial charge in [0.25, 0.3) is 0 Å². The van der Waals surface area contributed by atoms with Gasteiger partial charge in [-0.2, -0.15) is 4.98 Å². The first-order valence-electron chi connectivity index (χ1n) is 7.35. The zero-order valence-corrected chi connectivity index (χ0v) is 12.1. The number of hydrogen-bond donors (Lipinski definition) is 2. The molecule has 0 spiro atoms. The number of carboxylic acid groups (broad SMARTS) is 1. The Hall–Kier alpha value is -2.63. The lowest BCUT2D eigenvalue weighted by molar-refractivity contribution is -0.142. The van der Waals surface area contributed by atoms with Crippen LogP contribution in [0.2, 0.25) is 0 Å². The maximum absolute atomic E-state index is 11.0. The first kappa shape index (κ1) is 14.3. The normalized spacial score (nSPS) is 15.5. The van der Waals surface area contributed by atoms with E-state index in [1.165, 1.54) is 0 Å². The minimum atomic E-state index is -0.700. The molecule has 1 aliphatic heterocycles. The lowest BCUT2D eigenvalue weighted by Crippen LogP contribution is -2.36. The molecule has 1 aromatic heterocycles. The summed E-state index contributed by atoms with van der Waals surface area (Å²) in [4.78, 5) is 21.9. The number of hydrogen-bond acceptors (Lipinski definition) is 5. The van der Waals surface area contributed by atoms with Crippen molar-refractivity contribution in [2.24, 2.45) is 5.92 Å². The van der Waals surface area contributed by atoms with E-state index >= 15 is 0 Å². The molecule has 1 saturated heterocycles. The Kier molecular flexibility index (Phi) is 4.18. The van der Waals surface area contributed by atoms with Crippen LogP contribution in [-0.2, 0) is 4.79 Å². The van der Waals surface area contributed by atoms with Gasteiger partial charge in [0.15, 0.2) is 0 Å². The van der Waals surface area contributed by atoms with Gasteiger partial charge in [-0.3, -0.25) is 4.79 Å². The fourth-order valence-corrected chi connectivity index (χ4v) is 2.59. The Balaban J connectivity index is 1.68. The molecule has 2 heterocycles. The molecule has 114 valence electrons. The number of aromatic nitrogens is 2. The van der Waals surface area contributed by atoms with E-state index in [9.17, 15) is 4.79 Å². The smallest absolute Gasteiger partial charge is 0.306 e. The van der Waals surface area contributed by atoms with E-state index in [1.807, 2.05) is 36.4 Å². The van der Waals surface area contributed by atoms with E-state index < -0.39 is 5.97 Å². The number of carbonyl (C=O) groups is 1. The fraction of sp³-hybridized carbons (Fsp3) is 0.312. The Morgan fingerprint density at radius 1 is 1.18 bits per heavy atom. The summed E-state index contributed by atoms with van der Waals surface area (Å²) < 4.78 is 0. The van der Waals surface area contributed by atoms with Gasteiger partial charge in [0, 0.05) is 25.0 Å². The van der Waals surface area contributed by atoms with Crippen LogP contribution in [0, 0.1) is 5.92 Å². The van der Waals surface area contributed by atoms with Crippen LogP contribution in [0.4, 0.5) is 17.5 Å². The van der Waals surface area contributed by atoms with Gasteiger partial charge < -0.3 is 15.3 Å². The first-order valence-corrected chi connectivity index (χ1v) is 7.35. The van der Waals surface area contributed by atoms with Gasteiger partial charge >= 0.3 is 5.97 Å². The van der Waals surface area contributed by atoms with E-state index in [0.29, 0.717) is 31.9 Å². The van der Waals surface area contributed by atoms with Crippen molar-refractivity contribution >= 4 is 23.4 Å². The van der Waals surface area contributed by atoms with Crippen molar-refractivity contribution in [3.8, 4) is 0 Å². The third-order valence-electron chi connectivity index (χ3n) is 3.84. The van der Waals surface area contributed by atoms with Crippen molar-refractivity contribution in [2.75, 3.05) is 23.3 Å². The molecule has 0 unspecified atom stereocenters. The zero-order chi connectivity index (χ0) is 15.4. The molecule has 0 radical (unpaired) electrons. The highest BCUT2D eigenvalue weighted by Crippen LogP contribution is 2.23. The second-order valence-electron chi connectivity index (χ2n) is 5.33. The molecule has 3 rings (SSSR count). The average molecular weight is 298 g/mol. The van der Waals surface area contributed by atoms with Crippen molar-refractivity contribution in [3.63, 3.8) is 0 Å². The number of carboxylic acids is 1. The molecule has 0 amide bonds. The molecule has 0 atom stereocenters. The predicted molar refractivity (Wildman–Crippen MR) is 84.3 cm³/mol. The second kappa shape index (κ2) is 6.43. The van der Waals surface area contributed by atoms with E-state index in [0.717, 1.165) is 11.5 Å². The molecule has 0 aliphatic carbocycles. The summed E-state index contributed by atoms with van der Waals surface area (Å²) >= 11 is 0. The summed E-state index contributed by atoms with van der Waals surface area (Å²) in [5, 5.41) is 12.2. The minimum absolute atomic E-state index is 0.236. The van der Waals surface area contributed by atoms with Crippen LogP contribution in [0.5, 0.6) is 0 Å². The van der Waals surface area contributed by atoms with E-state index in [-0.39, 0.29) is 5.92 Å². The summed E-state index contributed by atoms with van der Waals surface area (Å²) in [6.45, 7) is 1.41. The molecule has 1 fully saturated rings. The summed E-state index contributed by atoms with van der Waals surface area (Å²) in [5.41, 5.74) is 0.934. The highest BCUT2D eigenvalue weighted by atomic mass is 16.4. The lowest BCUT2D eigenvalue weighted by atomic mass is 9.97. The van der Waals surface area contributed by atoms with Gasteiger partial charge in [0.1, 0.15) is 5.82 Å². The zero-order valence-electron chi connectivity index (χ0n) is 12.1. The monoisotopic (exact) mass is 298 g/mol. The van der Waals surface area contributed by atoms with Gasteiger partial charge in [-0.15, -0.1) is 0 Å². The van der Waals surface area contributed by atoms with E-state index in [1.54, 1.807) is 6.20 Å². The quantitative estimate of drug-likeness (QED) is 0.903. The van der Waals surface area contributed by atoms with Crippen LogP contribution in [0.25, 0.3) is 0 Å². The number of nitrogens with zero attached hydrogens (tertiary/aromatic N) is 3. The van der Waals surface area contributed by atoms with Crippen molar-refractivity contribution in [2.45, 2.75) is 12.8 Å². The SMILES string of the molecule is O=C(O)C1CCN(c2ccnc(Nc3ccccc3)n2)CC1. The highest BCUT2D eigenvalue weighted by Gasteiger charge is 2.25. The van der Waals surface area contributed by atoms with Crippen molar-refractivity contribution < 1.29 is 9.90 Å². The third kappa shape index (κ3) is 3.33. The van der Waals surface area contributed by atoms with Gasteiger partial charge in [-0.05, 0) is 31.0 Å². The van der Waals surface area contributed by atoms with Crippen molar-refractivity contribution in [1.82, 2.24) is 9.97 Å². The molecular formula is C16H18N4O2. The largest absolute Gasteiger partial charge is 0.481 e. The summed E-state index contributed by atoms with van der Waals surface area (Å²) in [7, 11) is 0. The van der Waals surface area contributed by atoms with Crippen LogP contribution < -0.4 is 10.2 Å². The van der Waals surface area contributed by atoms with E-state index in [4.69, 9.17) is 5.11 Å². The molecular weight excluding hydrogens is 280 g/mol. The highest BCUT2D eigenvalue weighted by molar-refractivity contribution is 5.70. The molecule has 2 aromatic rings. The predicted octanol–water partition coefficient (Wildman–Crippen LogP) is 2.52. The summed E-state index contributed by atoms with van der Waals surface area (Å²) in [5.74, 6) is 0.440. The lowest BCUT2D eigenvalue weighted by Gasteiger charge is -2.31. The van der Waals surface area contributed by atoms with Crippen LogP contribution in [0.3, 0.4) is 0 Å². The van der Waals surface area contributed by atoms with E-state index in [2.05, 4.69) is 20.2 Å². The van der Waals surface area contributed by atoms with Crippen molar-refractivity contribution in [3.05, 3.63) is 42.6 Å². The van der Waals surface area contributed by atoms with Gasteiger partial charge in [-0.25, -0.2) is 4.98 Å². The molecule has 2 N–H and O–H groups in total. The average Bonchev–Trinajstić information content (AvgIpc) is 2.56. The van der Waals surface area contributed by atoms with Gasteiger partial charge in [0.2, 0.25) is 5.95 Å². The molecule has 0 bridgehead atoms. The summed E-state index contributed by atoms with van der Waals surface area (Å²) in [6, 6.07) is 11.6. The first-order chi connectivity index (χ1) is 10.7. The standard InChI is InChI=1S/C16H18N4O2/c21-15(22)12-7-10-20(11-8-12)14-6-9-17-16(19-14)18-13-4-2-1-3-5-13/h1-6,9,12H,7-8,10-11H2,(H,21,22)(H,17,18,19). The minimum Gasteiger partial charge on any atom is -0.481 e.